The van der Waals surface area contributed by atoms with E-state index in [1.807, 2.05) is 0 Å². The van der Waals surface area contributed by atoms with E-state index in [-0.39, 0.29) is 0 Å². The molecule has 0 aromatic carbocycles. The van der Waals surface area contributed by atoms with Crippen LogP contribution in [0.25, 0.3) is 0 Å². The van der Waals surface area contributed by atoms with E-state index in [1.54, 1.807) is 0 Å². The van der Waals surface area contributed by atoms with Crippen LogP contribution < -0.4 is 4.72 Å². The Morgan fingerprint density at radius 3 is 2.14 bits per heavy atom. The molecule has 0 saturated heterocycles. The minimum absolute atomic E-state index is 0.370. The molecule has 0 spiro atoms. The number of hydrogen-bond donors (Lipinski definition) is 3. The first-order chi connectivity index (χ1) is 3.06. The molecule has 3 N–H and O–H groups in total. The quantitative estimate of drug-likeness (QED) is 0.250. The summed E-state index contributed by atoms with van der Waals surface area (Å²) in [6, 6.07) is 0. The number of hydrogen-bond acceptors (Lipinski definition) is 3. The van der Waals surface area contributed by atoms with Gasteiger partial charge in [0.1, 0.15) is 0 Å². The molecule has 0 atom stereocenters. The third-order valence-electron chi connectivity index (χ3n) is 0.208. The molecule has 0 aromatic heterocycles. The Kier molecular flexibility index (Phi) is 1.73. The zero-order valence-corrected chi connectivity index (χ0v) is 4.07. The van der Waals surface area contributed by atoms with Crippen molar-refractivity contribution in [3.05, 3.63) is 0 Å². The second-order valence-corrected chi connectivity index (χ2v) is 1.92. The van der Waals surface area contributed by atoms with E-state index in [1.165, 1.54) is 4.72 Å². The standard InChI is InChI=1S/CH4N2O3S/c2-1-3-7(4,5)6/h1H,(H2,2,3)(H,4,5,6). The summed E-state index contributed by atoms with van der Waals surface area (Å²) >= 11 is 0. The second kappa shape index (κ2) is 1.90. The maximum absolute atomic E-state index is 9.52. The van der Waals surface area contributed by atoms with Gasteiger partial charge in [-0.2, -0.15) is 8.42 Å². The Morgan fingerprint density at radius 1 is 1.71 bits per heavy atom. The molecule has 0 heterocycles. The van der Waals surface area contributed by atoms with E-state index in [4.69, 9.17) is 9.96 Å². The molecule has 42 valence electrons. The molecule has 0 amide bonds. The predicted molar refractivity (Wildman–Crippen MR) is 23.5 cm³/mol. The molecule has 7 heavy (non-hydrogen) atoms. The Labute approximate surface area is 40.7 Å². The highest BCUT2D eigenvalue weighted by Crippen LogP contribution is 1.62. The first kappa shape index (κ1) is 6.38. The Morgan fingerprint density at radius 2 is 2.14 bits per heavy atom. The summed E-state index contributed by atoms with van der Waals surface area (Å²) < 4.78 is 28.1. The van der Waals surface area contributed by atoms with Crippen molar-refractivity contribution in [2.75, 3.05) is 0 Å². The molecule has 0 rings (SSSR count). The normalized spacial score (nSPS) is 10.4. The molecule has 0 radical (unpaired) electrons. The number of rotatable bonds is 2. The summed E-state index contributed by atoms with van der Waals surface area (Å²) in [5.41, 5.74) is 0. The van der Waals surface area contributed by atoms with Gasteiger partial charge in [0.15, 0.2) is 0 Å². The van der Waals surface area contributed by atoms with E-state index in [0.29, 0.717) is 6.34 Å². The molecular formula is CH4N2O3S. The van der Waals surface area contributed by atoms with Gasteiger partial charge < -0.3 is 0 Å². The highest BCUT2D eigenvalue weighted by Gasteiger charge is 1.93. The van der Waals surface area contributed by atoms with Gasteiger partial charge >= 0.3 is 10.3 Å². The zero-order chi connectivity index (χ0) is 5.91. The lowest BCUT2D eigenvalue weighted by molar-refractivity contribution is 0.479. The summed E-state index contributed by atoms with van der Waals surface area (Å²) in [6.45, 7) is 0. The SMILES string of the molecule is N=CNS(=O)(=O)O. The van der Waals surface area contributed by atoms with Crippen molar-refractivity contribution in [2.45, 2.75) is 0 Å². The van der Waals surface area contributed by atoms with E-state index < -0.39 is 10.3 Å². The van der Waals surface area contributed by atoms with Crippen LogP contribution in [0, 0.1) is 5.41 Å². The third kappa shape index (κ3) is 5.38. The minimum atomic E-state index is -4.17. The van der Waals surface area contributed by atoms with Gasteiger partial charge in [0.05, 0.1) is 6.34 Å². The molecule has 0 unspecified atom stereocenters. The average molecular weight is 124 g/mol. The van der Waals surface area contributed by atoms with Crippen molar-refractivity contribution < 1.29 is 13.0 Å². The molecule has 0 saturated carbocycles. The monoisotopic (exact) mass is 124 g/mol. The first-order valence-corrected chi connectivity index (χ1v) is 2.74. The van der Waals surface area contributed by atoms with E-state index in [9.17, 15) is 8.42 Å². The van der Waals surface area contributed by atoms with Gasteiger partial charge in [-0.15, -0.1) is 0 Å². The van der Waals surface area contributed by atoms with Crippen molar-refractivity contribution >= 4 is 16.6 Å². The minimum Gasteiger partial charge on any atom is -0.291 e. The van der Waals surface area contributed by atoms with Gasteiger partial charge in [-0.3, -0.25) is 14.7 Å². The lowest BCUT2D eigenvalue weighted by Gasteiger charge is -1.86. The topological polar surface area (TPSA) is 90.3 Å². The zero-order valence-electron chi connectivity index (χ0n) is 3.25. The summed E-state index contributed by atoms with van der Waals surface area (Å²) in [7, 11) is -4.17. The van der Waals surface area contributed by atoms with Crippen molar-refractivity contribution in [1.82, 2.24) is 4.72 Å². The van der Waals surface area contributed by atoms with E-state index >= 15 is 0 Å². The fraction of sp³-hybridized carbons (Fsp3) is 0. The highest BCUT2D eigenvalue weighted by atomic mass is 32.2. The average Bonchev–Trinajstić information content (AvgIpc) is 1.30. The van der Waals surface area contributed by atoms with Crippen molar-refractivity contribution in [3.63, 3.8) is 0 Å². The van der Waals surface area contributed by atoms with Gasteiger partial charge in [-0.1, -0.05) is 0 Å². The Balaban J connectivity index is 3.84. The van der Waals surface area contributed by atoms with Gasteiger partial charge in [0.25, 0.3) is 0 Å². The Bertz CT molecular complexity index is 146. The summed E-state index contributed by atoms with van der Waals surface area (Å²) in [6.07, 6.45) is 0.370. The predicted octanol–water partition coefficient (Wildman–Crippen LogP) is -1.01. The van der Waals surface area contributed by atoms with Crippen LogP contribution in [0.3, 0.4) is 0 Å². The van der Waals surface area contributed by atoms with Crippen LogP contribution in [0.4, 0.5) is 0 Å². The molecule has 6 heteroatoms. The smallest absolute Gasteiger partial charge is 0.291 e. The second-order valence-electron chi connectivity index (χ2n) is 0.737. The van der Waals surface area contributed by atoms with Crippen LogP contribution in [0.5, 0.6) is 0 Å². The molecular weight excluding hydrogens is 120 g/mol. The molecule has 5 nitrogen and oxygen atoms in total. The summed E-state index contributed by atoms with van der Waals surface area (Å²) in [5, 5.41) is 6.08. The summed E-state index contributed by atoms with van der Waals surface area (Å²) in [4.78, 5) is 0. The molecule has 0 aliphatic heterocycles. The first-order valence-electron chi connectivity index (χ1n) is 1.30. The lowest BCUT2D eigenvalue weighted by Crippen LogP contribution is -2.19. The van der Waals surface area contributed by atoms with E-state index in [0.717, 1.165) is 0 Å². The molecule has 0 aromatic rings. The maximum atomic E-state index is 9.52. The van der Waals surface area contributed by atoms with Gasteiger partial charge in [0, 0.05) is 0 Å². The molecule has 0 fully saturated rings. The third-order valence-corrected chi connectivity index (χ3v) is 0.624. The van der Waals surface area contributed by atoms with Gasteiger partial charge in [-0.05, 0) is 0 Å². The van der Waals surface area contributed by atoms with Crippen molar-refractivity contribution in [3.8, 4) is 0 Å². The van der Waals surface area contributed by atoms with Crippen molar-refractivity contribution in [2.24, 2.45) is 0 Å². The highest BCUT2D eigenvalue weighted by molar-refractivity contribution is 7.84. The number of nitrogens with one attached hydrogen (secondary N) is 2. The summed E-state index contributed by atoms with van der Waals surface area (Å²) in [5.74, 6) is 0. The molecule has 0 aliphatic carbocycles. The fourth-order valence-corrected chi connectivity index (χ4v) is 0.223. The van der Waals surface area contributed by atoms with Crippen LogP contribution in [0.1, 0.15) is 0 Å². The largest absolute Gasteiger partial charge is 0.358 e. The molecule has 0 bridgehead atoms. The Hall–Kier alpha value is -0.620. The van der Waals surface area contributed by atoms with Gasteiger partial charge in [0.2, 0.25) is 0 Å². The maximum Gasteiger partial charge on any atom is 0.358 e. The molecule has 0 aliphatic rings. The van der Waals surface area contributed by atoms with Crippen LogP contribution in [0.15, 0.2) is 0 Å². The van der Waals surface area contributed by atoms with E-state index in [2.05, 4.69) is 0 Å². The van der Waals surface area contributed by atoms with Crippen LogP contribution in [-0.2, 0) is 10.3 Å². The van der Waals surface area contributed by atoms with Crippen molar-refractivity contribution in [1.29, 1.82) is 5.41 Å². The van der Waals surface area contributed by atoms with Gasteiger partial charge in [-0.25, -0.2) is 0 Å². The fourth-order valence-electron chi connectivity index (χ4n) is 0.0745. The lowest BCUT2D eigenvalue weighted by atomic mass is 11.4. The van der Waals surface area contributed by atoms with Crippen LogP contribution in [-0.4, -0.2) is 19.3 Å². The van der Waals surface area contributed by atoms with Crippen LogP contribution >= 0.6 is 0 Å². The van der Waals surface area contributed by atoms with Crippen LogP contribution in [0.2, 0.25) is 0 Å².